The molecule has 6 nitrogen and oxygen atoms in total. The van der Waals surface area contributed by atoms with E-state index in [0.717, 1.165) is 11.3 Å². The first kappa shape index (κ1) is 10.6. The van der Waals surface area contributed by atoms with E-state index in [-0.39, 0.29) is 0 Å². The summed E-state index contributed by atoms with van der Waals surface area (Å²) in [6.07, 6.45) is 0. The molecular formula is C10H12N4O2. The van der Waals surface area contributed by atoms with Crippen LogP contribution in [0.5, 0.6) is 5.75 Å². The molecule has 0 spiro atoms. The van der Waals surface area contributed by atoms with Gasteiger partial charge in [0.25, 0.3) is 0 Å². The summed E-state index contributed by atoms with van der Waals surface area (Å²) < 4.78 is 11.7. The summed E-state index contributed by atoms with van der Waals surface area (Å²) in [5, 5.41) is 11.4. The van der Waals surface area contributed by atoms with Gasteiger partial charge < -0.3 is 9.47 Å². The van der Waals surface area contributed by atoms with Crippen molar-refractivity contribution in [2.24, 2.45) is 0 Å². The Bertz CT molecular complexity index is 452. The zero-order chi connectivity index (χ0) is 11.4. The highest BCUT2D eigenvalue weighted by Crippen LogP contribution is 2.19. The van der Waals surface area contributed by atoms with Crippen molar-refractivity contribution in [1.29, 1.82) is 0 Å². The molecule has 16 heavy (non-hydrogen) atoms. The van der Waals surface area contributed by atoms with E-state index < -0.39 is 0 Å². The molecule has 0 atom stereocenters. The number of rotatable bonds is 4. The van der Waals surface area contributed by atoms with Gasteiger partial charge in [0.05, 0.1) is 7.11 Å². The highest BCUT2D eigenvalue weighted by molar-refractivity contribution is 5.55. The summed E-state index contributed by atoms with van der Waals surface area (Å²) in [6.45, 7) is 0.328. The molecule has 0 aliphatic heterocycles. The lowest BCUT2D eigenvalue weighted by atomic mass is 10.2. The molecular weight excluding hydrogens is 208 g/mol. The normalized spacial score (nSPS) is 10.4. The van der Waals surface area contributed by atoms with Crippen LogP contribution in [0, 0.1) is 0 Å². The Hall–Kier alpha value is -1.95. The Balaban J connectivity index is 2.31. The molecule has 84 valence electrons. The van der Waals surface area contributed by atoms with Crippen LogP contribution >= 0.6 is 0 Å². The van der Waals surface area contributed by atoms with Crippen molar-refractivity contribution < 1.29 is 9.47 Å². The predicted molar refractivity (Wildman–Crippen MR) is 56.8 cm³/mol. The highest BCUT2D eigenvalue weighted by atomic mass is 16.5. The van der Waals surface area contributed by atoms with E-state index in [1.807, 2.05) is 24.3 Å². The van der Waals surface area contributed by atoms with Gasteiger partial charge in [0.1, 0.15) is 12.5 Å². The molecule has 6 heteroatoms. The van der Waals surface area contributed by atoms with Gasteiger partial charge in [0.15, 0.2) is 5.82 Å². The number of nitrogens with zero attached hydrogens (tertiary/aromatic N) is 4. The lowest BCUT2D eigenvalue weighted by molar-refractivity contribution is 0.120. The number of ether oxygens (including phenoxy) is 2. The van der Waals surface area contributed by atoms with E-state index >= 15 is 0 Å². The number of tetrazole rings is 1. The number of aromatic nitrogens is 4. The van der Waals surface area contributed by atoms with Crippen LogP contribution in [0.25, 0.3) is 11.4 Å². The van der Waals surface area contributed by atoms with E-state index in [0.29, 0.717) is 12.6 Å². The molecule has 2 rings (SSSR count). The van der Waals surface area contributed by atoms with Crippen LogP contribution < -0.4 is 4.74 Å². The molecule has 0 saturated heterocycles. The first-order chi connectivity index (χ1) is 7.85. The van der Waals surface area contributed by atoms with Gasteiger partial charge >= 0.3 is 0 Å². The van der Waals surface area contributed by atoms with Crippen molar-refractivity contribution in [2.75, 3.05) is 14.2 Å². The number of hydrogen-bond acceptors (Lipinski definition) is 5. The molecule has 0 bridgehead atoms. The van der Waals surface area contributed by atoms with Crippen LogP contribution in [0.15, 0.2) is 24.3 Å². The largest absolute Gasteiger partial charge is 0.497 e. The van der Waals surface area contributed by atoms with Crippen LogP contribution in [-0.2, 0) is 11.5 Å². The summed E-state index contributed by atoms with van der Waals surface area (Å²) >= 11 is 0. The summed E-state index contributed by atoms with van der Waals surface area (Å²) in [6, 6.07) is 7.52. The molecule has 2 aromatic rings. The van der Waals surface area contributed by atoms with Gasteiger partial charge in [-0.15, -0.1) is 5.10 Å². The molecule has 0 radical (unpaired) electrons. The molecule has 1 aromatic heterocycles. The summed E-state index contributed by atoms with van der Waals surface area (Å²) in [5.74, 6) is 1.47. The third-order valence-corrected chi connectivity index (χ3v) is 2.13. The summed E-state index contributed by atoms with van der Waals surface area (Å²) in [5.41, 5.74) is 0.919. The Morgan fingerprint density at radius 3 is 2.56 bits per heavy atom. The number of benzene rings is 1. The molecule has 0 amide bonds. The fraction of sp³-hybridized carbons (Fsp3) is 0.300. The van der Waals surface area contributed by atoms with Gasteiger partial charge in [0.2, 0.25) is 0 Å². The third-order valence-electron chi connectivity index (χ3n) is 2.13. The topological polar surface area (TPSA) is 62.1 Å². The van der Waals surface area contributed by atoms with Crippen LogP contribution in [-0.4, -0.2) is 34.4 Å². The summed E-state index contributed by atoms with van der Waals surface area (Å²) in [4.78, 5) is 0. The maximum Gasteiger partial charge on any atom is 0.184 e. The Morgan fingerprint density at radius 2 is 1.94 bits per heavy atom. The first-order valence-corrected chi connectivity index (χ1v) is 4.74. The van der Waals surface area contributed by atoms with E-state index in [4.69, 9.17) is 9.47 Å². The van der Waals surface area contributed by atoms with Crippen molar-refractivity contribution in [3.63, 3.8) is 0 Å². The number of methoxy groups -OCH3 is 2. The van der Waals surface area contributed by atoms with Gasteiger partial charge in [-0.2, -0.15) is 4.68 Å². The highest BCUT2D eigenvalue weighted by Gasteiger charge is 2.08. The van der Waals surface area contributed by atoms with E-state index in [1.54, 1.807) is 18.9 Å². The average Bonchev–Trinajstić information content (AvgIpc) is 2.78. The smallest absolute Gasteiger partial charge is 0.184 e. The fourth-order valence-electron chi connectivity index (χ4n) is 1.36. The van der Waals surface area contributed by atoms with Crippen molar-refractivity contribution in [1.82, 2.24) is 20.2 Å². The average molecular weight is 220 g/mol. The first-order valence-electron chi connectivity index (χ1n) is 4.74. The van der Waals surface area contributed by atoms with Crippen LogP contribution in [0.1, 0.15) is 0 Å². The van der Waals surface area contributed by atoms with Gasteiger partial charge in [-0.1, -0.05) is 0 Å². The zero-order valence-electron chi connectivity index (χ0n) is 9.12. The standard InChI is InChI=1S/C10H12N4O2/c1-15-7-14-10(11-12-13-14)8-3-5-9(16-2)6-4-8/h3-6H,7H2,1-2H3. The quantitative estimate of drug-likeness (QED) is 0.767. The van der Waals surface area contributed by atoms with Crippen molar-refractivity contribution >= 4 is 0 Å². The monoisotopic (exact) mass is 220 g/mol. The second kappa shape index (κ2) is 4.71. The number of hydrogen-bond donors (Lipinski definition) is 0. The molecule has 0 N–H and O–H groups in total. The lowest BCUT2D eigenvalue weighted by Crippen LogP contribution is -2.04. The SMILES string of the molecule is COCn1nnnc1-c1ccc(OC)cc1. The Morgan fingerprint density at radius 1 is 1.19 bits per heavy atom. The molecule has 1 heterocycles. The molecule has 1 aromatic carbocycles. The lowest BCUT2D eigenvalue weighted by Gasteiger charge is -2.04. The van der Waals surface area contributed by atoms with Crippen LogP contribution in [0.2, 0.25) is 0 Å². The third kappa shape index (κ3) is 2.01. The Labute approximate surface area is 92.8 Å². The maximum atomic E-state index is 5.08. The van der Waals surface area contributed by atoms with Gasteiger partial charge in [-0.25, -0.2) is 0 Å². The van der Waals surface area contributed by atoms with Crippen LogP contribution in [0.4, 0.5) is 0 Å². The van der Waals surface area contributed by atoms with E-state index in [9.17, 15) is 0 Å². The minimum absolute atomic E-state index is 0.328. The van der Waals surface area contributed by atoms with E-state index in [1.165, 1.54) is 0 Å². The molecule has 0 aliphatic carbocycles. The zero-order valence-corrected chi connectivity index (χ0v) is 9.12. The van der Waals surface area contributed by atoms with Crippen LogP contribution in [0.3, 0.4) is 0 Å². The molecule has 0 unspecified atom stereocenters. The summed E-state index contributed by atoms with van der Waals surface area (Å²) in [7, 11) is 3.23. The predicted octanol–water partition coefficient (Wildman–Crippen LogP) is 0.953. The second-order valence-electron chi connectivity index (χ2n) is 3.15. The fourth-order valence-corrected chi connectivity index (χ4v) is 1.36. The van der Waals surface area contributed by atoms with Gasteiger partial charge in [0, 0.05) is 12.7 Å². The molecule has 0 saturated carbocycles. The maximum absolute atomic E-state index is 5.08. The van der Waals surface area contributed by atoms with Crippen molar-refractivity contribution in [2.45, 2.75) is 6.73 Å². The van der Waals surface area contributed by atoms with Gasteiger partial charge in [-0.3, -0.25) is 0 Å². The van der Waals surface area contributed by atoms with E-state index in [2.05, 4.69) is 15.5 Å². The minimum Gasteiger partial charge on any atom is -0.497 e. The molecule has 0 fully saturated rings. The second-order valence-corrected chi connectivity index (χ2v) is 3.15. The molecule has 0 aliphatic rings. The Kier molecular flexibility index (Phi) is 3.11. The van der Waals surface area contributed by atoms with Crippen molar-refractivity contribution in [3.05, 3.63) is 24.3 Å². The minimum atomic E-state index is 0.328. The van der Waals surface area contributed by atoms with Gasteiger partial charge in [-0.05, 0) is 34.7 Å². The van der Waals surface area contributed by atoms with Crippen molar-refractivity contribution in [3.8, 4) is 17.1 Å².